The van der Waals surface area contributed by atoms with Gasteiger partial charge in [-0.05, 0) is 6.92 Å². The summed E-state index contributed by atoms with van der Waals surface area (Å²) < 4.78 is -1.59. The van der Waals surface area contributed by atoms with Crippen LogP contribution in [0.4, 0.5) is 0 Å². The maximum atomic E-state index is 5.52. The minimum atomic E-state index is -1.59. The third kappa shape index (κ3) is 2.23. The molecule has 0 aromatic carbocycles. The van der Waals surface area contributed by atoms with E-state index < -0.39 is 3.79 Å². The summed E-state index contributed by atoms with van der Waals surface area (Å²) in [4.78, 5) is 3.89. The summed E-state index contributed by atoms with van der Waals surface area (Å²) >= 11 is 16.6. The highest BCUT2D eigenvalue weighted by atomic mass is 35.6. The van der Waals surface area contributed by atoms with Crippen LogP contribution in [-0.4, -0.2) is 15.2 Å². The van der Waals surface area contributed by atoms with E-state index in [2.05, 4.69) is 15.2 Å². The Hall–Kier alpha value is -0.0300. The first-order valence-electron chi connectivity index (χ1n) is 3.16. The number of nitrogens with two attached hydrogens (primary N) is 1. The van der Waals surface area contributed by atoms with Gasteiger partial charge in [0.15, 0.2) is 0 Å². The maximum Gasteiger partial charge on any atom is 0.251 e. The molecule has 0 fully saturated rings. The highest BCUT2D eigenvalue weighted by Gasteiger charge is 2.28. The minimum absolute atomic E-state index is 0.111. The average Bonchev–Trinajstić information content (AvgIpc) is 2.30. The first-order chi connectivity index (χ1) is 5.41. The van der Waals surface area contributed by atoms with Gasteiger partial charge in [0.1, 0.15) is 5.82 Å². The van der Waals surface area contributed by atoms with Gasteiger partial charge < -0.3 is 5.73 Å². The summed E-state index contributed by atoms with van der Waals surface area (Å²) in [6.07, 6.45) is 0. The zero-order valence-electron chi connectivity index (χ0n) is 6.18. The van der Waals surface area contributed by atoms with Crippen molar-refractivity contribution in [2.45, 2.75) is 16.8 Å². The SMILES string of the molecule is CC(N)c1nc(C(Cl)(Cl)Cl)n[nH]1. The number of hydrogen-bond donors (Lipinski definition) is 2. The highest BCUT2D eigenvalue weighted by Crippen LogP contribution is 2.35. The molecule has 0 aliphatic heterocycles. The van der Waals surface area contributed by atoms with Crippen LogP contribution in [0, 0.1) is 0 Å². The molecule has 7 heteroatoms. The Bertz CT molecular complexity index is 264. The molecule has 1 aromatic heterocycles. The topological polar surface area (TPSA) is 67.6 Å². The van der Waals surface area contributed by atoms with Crippen LogP contribution in [0.3, 0.4) is 0 Å². The highest BCUT2D eigenvalue weighted by molar-refractivity contribution is 6.66. The lowest BCUT2D eigenvalue weighted by Gasteiger charge is -2.03. The summed E-state index contributed by atoms with van der Waals surface area (Å²) in [5.41, 5.74) is 5.51. The second-order valence-corrected chi connectivity index (χ2v) is 4.61. The standard InChI is InChI=1S/C5H7Cl3N4/c1-2(9)3-10-4(12-11-3)5(6,7)8/h2H,9H2,1H3,(H,10,11,12). The number of aromatic nitrogens is 3. The van der Waals surface area contributed by atoms with Gasteiger partial charge in [-0.15, -0.1) is 0 Å². The Labute approximate surface area is 84.4 Å². The van der Waals surface area contributed by atoms with Crippen molar-refractivity contribution in [2.75, 3.05) is 0 Å². The van der Waals surface area contributed by atoms with Gasteiger partial charge in [0.25, 0.3) is 3.79 Å². The van der Waals surface area contributed by atoms with Crippen molar-refractivity contribution in [1.29, 1.82) is 0 Å². The van der Waals surface area contributed by atoms with Crippen LogP contribution in [0.2, 0.25) is 0 Å². The first-order valence-corrected chi connectivity index (χ1v) is 4.29. The lowest BCUT2D eigenvalue weighted by molar-refractivity contribution is 0.744. The van der Waals surface area contributed by atoms with Crippen molar-refractivity contribution in [3.8, 4) is 0 Å². The third-order valence-electron chi connectivity index (χ3n) is 1.19. The van der Waals surface area contributed by atoms with E-state index >= 15 is 0 Å². The van der Waals surface area contributed by atoms with E-state index in [-0.39, 0.29) is 11.9 Å². The number of nitrogens with one attached hydrogen (secondary N) is 1. The fraction of sp³-hybridized carbons (Fsp3) is 0.600. The van der Waals surface area contributed by atoms with E-state index in [0.717, 1.165) is 0 Å². The predicted molar refractivity (Wildman–Crippen MR) is 48.2 cm³/mol. The van der Waals surface area contributed by atoms with E-state index in [9.17, 15) is 0 Å². The predicted octanol–water partition coefficient (Wildman–Crippen LogP) is 1.65. The number of alkyl halides is 3. The molecule has 1 heterocycles. The van der Waals surface area contributed by atoms with Crippen LogP contribution in [0.15, 0.2) is 0 Å². The molecule has 3 N–H and O–H groups in total. The largest absolute Gasteiger partial charge is 0.322 e. The van der Waals surface area contributed by atoms with Gasteiger partial charge in [-0.2, -0.15) is 5.10 Å². The van der Waals surface area contributed by atoms with Gasteiger partial charge in [0, 0.05) is 0 Å². The zero-order chi connectivity index (χ0) is 9.35. The Balaban J connectivity index is 2.92. The van der Waals surface area contributed by atoms with E-state index in [4.69, 9.17) is 40.5 Å². The summed E-state index contributed by atoms with van der Waals surface area (Å²) in [6, 6.07) is -0.251. The molecule has 0 bridgehead atoms. The molecular formula is C5H7Cl3N4. The molecule has 0 aliphatic rings. The summed E-state index contributed by atoms with van der Waals surface area (Å²) in [5.74, 6) is 0.608. The monoisotopic (exact) mass is 228 g/mol. The van der Waals surface area contributed by atoms with Crippen molar-refractivity contribution in [3.63, 3.8) is 0 Å². The van der Waals surface area contributed by atoms with Crippen LogP contribution in [-0.2, 0) is 3.79 Å². The van der Waals surface area contributed by atoms with Crippen molar-refractivity contribution in [2.24, 2.45) is 5.73 Å². The van der Waals surface area contributed by atoms with E-state index in [0.29, 0.717) is 5.82 Å². The summed E-state index contributed by atoms with van der Waals surface area (Å²) in [6.45, 7) is 1.75. The second kappa shape index (κ2) is 3.38. The number of halogens is 3. The second-order valence-electron chi connectivity index (χ2n) is 2.33. The summed E-state index contributed by atoms with van der Waals surface area (Å²) in [5, 5.41) is 6.27. The van der Waals surface area contributed by atoms with Gasteiger partial charge in [-0.3, -0.25) is 5.10 Å². The van der Waals surface area contributed by atoms with Gasteiger partial charge in [-0.25, -0.2) is 4.98 Å². The number of H-pyrrole nitrogens is 1. The molecule has 1 unspecified atom stereocenters. The van der Waals surface area contributed by atoms with Crippen LogP contribution in [0.5, 0.6) is 0 Å². The Kier molecular flexibility index (Phi) is 2.83. The Morgan fingerprint density at radius 1 is 1.50 bits per heavy atom. The lowest BCUT2D eigenvalue weighted by atomic mass is 10.3. The van der Waals surface area contributed by atoms with E-state index in [1.165, 1.54) is 0 Å². The van der Waals surface area contributed by atoms with E-state index in [1.807, 2.05) is 0 Å². The Morgan fingerprint density at radius 2 is 2.08 bits per heavy atom. The molecule has 12 heavy (non-hydrogen) atoms. The minimum Gasteiger partial charge on any atom is -0.322 e. The van der Waals surface area contributed by atoms with Gasteiger partial charge in [0.2, 0.25) is 5.82 Å². The fourth-order valence-electron chi connectivity index (χ4n) is 0.605. The number of nitrogens with zero attached hydrogens (tertiary/aromatic N) is 2. The normalized spacial score (nSPS) is 14.8. The first kappa shape index (κ1) is 10.1. The smallest absolute Gasteiger partial charge is 0.251 e. The Morgan fingerprint density at radius 3 is 2.33 bits per heavy atom. The third-order valence-corrected chi connectivity index (χ3v) is 1.69. The molecule has 0 spiro atoms. The molecule has 0 radical (unpaired) electrons. The van der Waals surface area contributed by atoms with Gasteiger partial charge in [-0.1, -0.05) is 34.8 Å². The molecule has 0 saturated carbocycles. The lowest BCUT2D eigenvalue weighted by Crippen LogP contribution is -2.08. The molecule has 1 aromatic rings. The molecule has 0 saturated heterocycles. The number of aromatic amines is 1. The van der Waals surface area contributed by atoms with Gasteiger partial charge >= 0.3 is 0 Å². The zero-order valence-corrected chi connectivity index (χ0v) is 8.45. The molecule has 0 amide bonds. The molecule has 1 atom stereocenters. The summed E-state index contributed by atoms with van der Waals surface area (Å²) in [7, 11) is 0. The molecular weight excluding hydrogens is 222 g/mol. The maximum absolute atomic E-state index is 5.52. The average molecular weight is 229 g/mol. The van der Waals surface area contributed by atoms with Gasteiger partial charge in [0.05, 0.1) is 6.04 Å². The van der Waals surface area contributed by atoms with Crippen molar-refractivity contribution in [3.05, 3.63) is 11.6 Å². The quantitative estimate of drug-likeness (QED) is 0.720. The van der Waals surface area contributed by atoms with Crippen molar-refractivity contribution >= 4 is 34.8 Å². The molecule has 68 valence electrons. The van der Waals surface area contributed by atoms with E-state index in [1.54, 1.807) is 6.92 Å². The van der Waals surface area contributed by atoms with Crippen LogP contribution >= 0.6 is 34.8 Å². The van der Waals surface area contributed by atoms with Crippen LogP contribution < -0.4 is 5.73 Å². The van der Waals surface area contributed by atoms with Crippen LogP contribution in [0.1, 0.15) is 24.6 Å². The van der Waals surface area contributed by atoms with Crippen LogP contribution in [0.25, 0.3) is 0 Å². The van der Waals surface area contributed by atoms with Crippen molar-refractivity contribution < 1.29 is 0 Å². The number of rotatable bonds is 1. The molecule has 1 rings (SSSR count). The fourth-order valence-corrected chi connectivity index (χ4v) is 0.858. The van der Waals surface area contributed by atoms with Crippen molar-refractivity contribution in [1.82, 2.24) is 15.2 Å². The molecule has 0 aliphatic carbocycles. The number of hydrogen-bond acceptors (Lipinski definition) is 3. The molecule has 4 nitrogen and oxygen atoms in total.